The van der Waals surface area contributed by atoms with Crippen LogP contribution in [0.15, 0.2) is 41.3 Å². The van der Waals surface area contributed by atoms with E-state index in [1.54, 1.807) is 19.9 Å². The van der Waals surface area contributed by atoms with Crippen LogP contribution in [0, 0.1) is 0 Å². The molecule has 11 heteroatoms. The minimum absolute atomic E-state index is 0.0573. The number of ether oxygens (including phenoxy) is 3. The van der Waals surface area contributed by atoms with Crippen LogP contribution < -0.4 is 14.8 Å². The molecule has 0 atom stereocenters. The van der Waals surface area contributed by atoms with Gasteiger partial charge in [0, 0.05) is 18.8 Å². The van der Waals surface area contributed by atoms with Gasteiger partial charge in [-0.2, -0.15) is 4.31 Å². The van der Waals surface area contributed by atoms with Gasteiger partial charge in [0.05, 0.1) is 15.5 Å². The van der Waals surface area contributed by atoms with Crippen LogP contribution in [-0.2, 0) is 19.6 Å². The number of hydrogen-bond acceptors (Lipinski definition) is 7. The molecule has 0 fully saturated rings. The van der Waals surface area contributed by atoms with E-state index in [1.807, 2.05) is 0 Å². The molecule has 2 aromatic rings. The molecular weight excluding hydrogens is 460 g/mol. The Morgan fingerprint density at radius 1 is 1.12 bits per heavy atom. The van der Waals surface area contributed by atoms with E-state index in [1.165, 1.54) is 34.6 Å². The van der Waals surface area contributed by atoms with Gasteiger partial charge in [-0.3, -0.25) is 4.79 Å². The van der Waals surface area contributed by atoms with Crippen LogP contribution in [0.25, 0.3) is 0 Å². The molecule has 1 amide bonds. The fourth-order valence-electron chi connectivity index (χ4n) is 3.09. The molecule has 2 aromatic carbocycles. The van der Waals surface area contributed by atoms with Crippen LogP contribution >= 0.6 is 11.6 Å². The van der Waals surface area contributed by atoms with Gasteiger partial charge in [-0.05, 0) is 30.3 Å². The van der Waals surface area contributed by atoms with E-state index in [0.29, 0.717) is 37.8 Å². The van der Waals surface area contributed by atoms with E-state index in [0.717, 1.165) is 0 Å². The molecule has 3 rings (SSSR count). The Morgan fingerprint density at radius 3 is 2.56 bits per heavy atom. The number of rotatable bonds is 8. The van der Waals surface area contributed by atoms with Gasteiger partial charge in [-0.15, -0.1) is 0 Å². The van der Waals surface area contributed by atoms with Crippen molar-refractivity contribution < 1.29 is 32.2 Å². The molecule has 0 radical (unpaired) electrons. The average molecular weight is 483 g/mol. The van der Waals surface area contributed by atoms with Crippen molar-refractivity contribution in [3.8, 4) is 11.5 Å². The summed E-state index contributed by atoms with van der Waals surface area (Å²) in [4.78, 5) is 24.6. The second-order valence-corrected chi connectivity index (χ2v) is 9.07. The minimum Gasteiger partial charge on any atom is -0.486 e. The van der Waals surface area contributed by atoms with Gasteiger partial charge in [0.15, 0.2) is 18.1 Å². The third kappa shape index (κ3) is 5.32. The summed E-state index contributed by atoms with van der Waals surface area (Å²) < 4.78 is 42.5. The Balaban J connectivity index is 1.63. The molecule has 1 heterocycles. The molecule has 1 aliphatic heterocycles. The highest BCUT2D eigenvalue weighted by atomic mass is 35.5. The van der Waals surface area contributed by atoms with Crippen molar-refractivity contribution in [2.24, 2.45) is 0 Å². The second kappa shape index (κ2) is 10.2. The van der Waals surface area contributed by atoms with Gasteiger partial charge in [0.1, 0.15) is 13.2 Å². The summed E-state index contributed by atoms with van der Waals surface area (Å²) in [5.41, 5.74) is 0.376. The van der Waals surface area contributed by atoms with Crippen LogP contribution in [0.5, 0.6) is 11.5 Å². The molecule has 0 unspecified atom stereocenters. The largest absolute Gasteiger partial charge is 0.486 e. The number of anilines is 1. The zero-order chi connectivity index (χ0) is 23.3. The first-order valence-electron chi connectivity index (χ1n) is 9.92. The number of carbonyl (C=O) groups excluding carboxylic acids is 2. The minimum atomic E-state index is -3.67. The van der Waals surface area contributed by atoms with Gasteiger partial charge in [-0.25, -0.2) is 13.2 Å². The van der Waals surface area contributed by atoms with Crippen molar-refractivity contribution in [2.75, 3.05) is 38.2 Å². The van der Waals surface area contributed by atoms with Crippen molar-refractivity contribution in [3.05, 3.63) is 47.0 Å². The Hall–Kier alpha value is -2.82. The summed E-state index contributed by atoms with van der Waals surface area (Å²) in [5, 5.41) is 2.73. The molecule has 0 saturated heterocycles. The molecule has 0 spiro atoms. The van der Waals surface area contributed by atoms with Crippen molar-refractivity contribution in [1.82, 2.24) is 4.31 Å². The summed E-state index contributed by atoms with van der Waals surface area (Å²) in [5.74, 6) is -0.714. The summed E-state index contributed by atoms with van der Waals surface area (Å²) in [6, 6.07) is 8.68. The number of carbonyl (C=O) groups is 2. The number of halogens is 1. The lowest BCUT2D eigenvalue weighted by atomic mass is 10.2. The maximum Gasteiger partial charge on any atom is 0.338 e. The summed E-state index contributed by atoms with van der Waals surface area (Å²) >= 11 is 6.11. The van der Waals surface area contributed by atoms with Crippen LogP contribution in [0.3, 0.4) is 0 Å². The average Bonchev–Trinajstić information content (AvgIpc) is 2.78. The maximum atomic E-state index is 12.6. The number of fused-ring (bicyclic) bond motifs is 1. The highest BCUT2D eigenvalue weighted by Crippen LogP contribution is 2.38. The maximum absolute atomic E-state index is 12.6. The zero-order valence-corrected chi connectivity index (χ0v) is 19.2. The van der Waals surface area contributed by atoms with Gasteiger partial charge >= 0.3 is 5.97 Å². The molecular formula is C21H23ClN2O7S. The molecule has 0 aliphatic carbocycles. The molecule has 1 N–H and O–H groups in total. The Labute approximate surface area is 191 Å². The summed E-state index contributed by atoms with van der Waals surface area (Å²) in [7, 11) is -3.67. The molecule has 32 heavy (non-hydrogen) atoms. The number of hydrogen-bond donors (Lipinski definition) is 1. The standard InChI is InChI=1S/C21H23ClN2O7S/c1-3-24(4-2)32(27,28)16-7-5-6-15(12-16)23-19(25)13-31-21(26)14-10-17(22)20-18(11-14)29-8-9-30-20/h5-7,10-12H,3-4,8-9,13H2,1-2H3,(H,23,25). The predicted octanol–water partition coefficient (Wildman–Crippen LogP) is 2.94. The number of amides is 1. The molecule has 1 aliphatic rings. The van der Waals surface area contributed by atoms with E-state index in [2.05, 4.69) is 5.32 Å². The number of esters is 1. The normalized spacial score (nSPS) is 13.0. The third-order valence-corrected chi connectivity index (χ3v) is 6.95. The molecule has 9 nitrogen and oxygen atoms in total. The zero-order valence-electron chi connectivity index (χ0n) is 17.6. The first-order chi connectivity index (χ1) is 15.3. The SMILES string of the molecule is CCN(CC)S(=O)(=O)c1cccc(NC(=O)COC(=O)c2cc(Cl)c3c(c2)OCCO3)c1. The first-order valence-corrected chi connectivity index (χ1v) is 11.7. The first kappa shape index (κ1) is 23.8. The highest BCUT2D eigenvalue weighted by Gasteiger charge is 2.23. The third-order valence-electron chi connectivity index (χ3n) is 4.63. The van der Waals surface area contributed by atoms with Crippen LogP contribution in [-0.4, -0.2) is 57.5 Å². The number of benzene rings is 2. The predicted molar refractivity (Wildman–Crippen MR) is 118 cm³/mol. The quantitative estimate of drug-likeness (QED) is 0.576. The topological polar surface area (TPSA) is 111 Å². The van der Waals surface area contributed by atoms with Gasteiger partial charge < -0.3 is 19.5 Å². The highest BCUT2D eigenvalue weighted by molar-refractivity contribution is 7.89. The van der Waals surface area contributed by atoms with E-state index >= 15 is 0 Å². The lowest BCUT2D eigenvalue weighted by Crippen LogP contribution is -2.30. The van der Waals surface area contributed by atoms with Gasteiger partial charge in [0.2, 0.25) is 10.0 Å². The van der Waals surface area contributed by atoms with Crippen molar-refractivity contribution in [1.29, 1.82) is 0 Å². The Bertz CT molecular complexity index is 1120. The van der Waals surface area contributed by atoms with Crippen LogP contribution in [0.4, 0.5) is 5.69 Å². The van der Waals surface area contributed by atoms with E-state index in [4.69, 9.17) is 25.8 Å². The van der Waals surface area contributed by atoms with Crippen molar-refractivity contribution >= 4 is 39.2 Å². The van der Waals surface area contributed by atoms with Crippen molar-refractivity contribution in [2.45, 2.75) is 18.7 Å². The fraction of sp³-hybridized carbons (Fsp3) is 0.333. The van der Waals surface area contributed by atoms with Crippen LogP contribution in [0.1, 0.15) is 24.2 Å². The second-order valence-electron chi connectivity index (χ2n) is 6.72. The smallest absolute Gasteiger partial charge is 0.338 e. The fourth-order valence-corrected chi connectivity index (χ4v) is 4.86. The molecule has 0 aromatic heterocycles. The number of nitrogens with zero attached hydrogens (tertiary/aromatic N) is 1. The monoisotopic (exact) mass is 482 g/mol. The van der Waals surface area contributed by atoms with E-state index in [9.17, 15) is 18.0 Å². The van der Waals surface area contributed by atoms with Crippen LogP contribution in [0.2, 0.25) is 5.02 Å². The number of sulfonamides is 1. The number of nitrogens with one attached hydrogen (secondary N) is 1. The Kier molecular flexibility index (Phi) is 7.60. The van der Waals surface area contributed by atoms with E-state index < -0.39 is 28.5 Å². The van der Waals surface area contributed by atoms with Crippen molar-refractivity contribution in [3.63, 3.8) is 0 Å². The van der Waals surface area contributed by atoms with E-state index in [-0.39, 0.29) is 21.2 Å². The lowest BCUT2D eigenvalue weighted by Gasteiger charge is -2.20. The molecule has 0 saturated carbocycles. The summed E-state index contributed by atoms with van der Waals surface area (Å²) in [6.45, 7) is 4.26. The van der Waals surface area contributed by atoms with Gasteiger partial charge in [-0.1, -0.05) is 31.5 Å². The summed E-state index contributed by atoms with van der Waals surface area (Å²) in [6.07, 6.45) is 0. The lowest BCUT2D eigenvalue weighted by molar-refractivity contribution is -0.119. The molecule has 172 valence electrons. The van der Waals surface area contributed by atoms with Gasteiger partial charge in [0.25, 0.3) is 5.91 Å². The Morgan fingerprint density at radius 2 is 1.84 bits per heavy atom. The molecule has 0 bridgehead atoms.